The summed E-state index contributed by atoms with van der Waals surface area (Å²) in [5, 5.41) is 0. The summed E-state index contributed by atoms with van der Waals surface area (Å²) in [6.45, 7) is 0. The van der Waals surface area contributed by atoms with Crippen LogP contribution in [0.25, 0.3) is 0 Å². The van der Waals surface area contributed by atoms with Crippen LogP contribution in [0, 0.1) is 0 Å². The minimum absolute atomic E-state index is 0.318. The predicted molar refractivity (Wildman–Crippen MR) is 72.2 cm³/mol. The van der Waals surface area contributed by atoms with Crippen LogP contribution in [0.5, 0.6) is 0 Å². The lowest BCUT2D eigenvalue weighted by Crippen LogP contribution is -2.12. The molecule has 0 spiro atoms. The van der Waals surface area contributed by atoms with Crippen molar-refractivity contribution < 1.29 is 14.3 Å². The molecule has 2 aromatic carbocycles. The molecule has 0 saturated heterocycles. The molecule has 0 aliphatic carbocycles. The molecule has 0 saturated carbocycles. The molecule has 0 aromatic heterocycles. The van der Waals surface area contributed by atoms with E-state index in [1.807, 2.05) is 0 Å². The van der Waals surface area contributed by atoms with Gasteiger partial charge in [-0.25, -0.2) is 9.59 Å². The van der Waals surface area contributed by atoms with E-state index in [9.17, 15) is 9.59 Å². The van der Waals surface area contributed by atoms with E-state index in [1.165, 1.54) is 0 Å². The molecular weight excluding hydrogens is 264 g/mol. The Kier molecular flexibility index (Phi) is 4.31. The molecule has 0 radical (unpaired) electrons. The summed E-state index contributed by atoms with van der Waals surface area (Å²) < 4.78 is 4.79. The molecule has 0 heterocycles. The molecular formula is C15H11ClO3. The van der Waals surface area contributed by atoms with E-state index in [1.54, 1.807) is 54.6 Å². The van der Waals surface area contributed by atoms with E-state index >= 15 is 0 Å². The first-order valence-electron chi connectivity index (χ1n) is 5.67. The summed E-state index contributed by atoms with van der Waals surface area (Å²) in [5.74, 6) is -0.958. The van der Waals surface area contributed by atoms with Crippen LogP contribution in [0.2, 0.25) is 0 Å². The van der Waals surface area contributed by atoms with E-state index in [-0.39, 0.29) is 0 Å². The van der Waals surface area contributed by atoms with Crippen molar-refractivity contribution in [2.45, 2.75) is 5.88 Å². The summed E-state index contributed by atoms with van der Waals surface area (Å²) in [4.78, 5) is 23.4. The maximum absolute atomic E-state index is 11.8. The molecule has 96 valence electrons. The van der Waals surface area contributed by atoms with E-state index < -0.39 is 11.9 Å². The molecule has 19 heavy (non-hydrogen) atoms. The average Bonchev–Trinajstić information content (AvgIpc) is 2.48. The molecule has 0 N–H and O–H groups in total. The largest absolute Gasteiger partial charge is 0.386 e. The van der Waals surface area contributed by atoms with Gasteiger partial charge in [0, 0.05) is 5.88 Å². The molecule has 2 aromatic rings. The topological polar surface area (TPSA) is 43.4 Å². The number of halogens is 1. The first-order valence-corrected chi connectivity index (χ1v) is 6.20. The molecule has 0 atom stereocenters. The maximum atomic E-state index is 11.8. The molecule has 0 amide bonds. The van der Waals surface area contributed by atoms with Gasteiger partial charge >= 0.3 is 11.9 Å². The normalized spacial score (nSPS) is 9.95. The van der Waals surface area contributed by atoms with Crippen molar-refractivity contribution in [2.24, 2.45) is 0 Å². The number of carbonyl (C=O) groups excluding carboxylic acids is 2. The van der Waals surface area contributed by atoms with Gasteiger partial charge in [-0.15, -0.1) is 11.6 Å². The Balaban J connectivity index is 2.06. The fraction of sp³-hybridized carbons (Fsp3) is 0.0667. The Hall–Kier alpha value is -2.13. The third-order valence-corrected chi connectivity index (χ3v) is 2.85. The van der Waals surface area contributed by atoms with Gasteiger partial charge in [-0.1, -0.05) is 30.3 Å². The van der Waals surface area contributed by atoms with Gasteiger partial charge < -0.3 is 4.74 Å². The minimum Gasteiger partial charge on any atom is -0.386 e. The van der Waals surface area contributed by atoms with E-state index in [0.29, 0.717) is 17.0 Å². The zero-order chi connectivity index (χ0) is 13.7. The summed E-state index contributed by atoms with van der Waals surface area (Å²) in [7, 11) is 0. The molecule has 0 bridgehead atoms. The van der Waals surface area contributed by atoms with Crippen molar-refractivity contribution in [3.8, 4) is 0 Å². The number of benzene rings is 2. The first-order chi connectivity index (χ1) is 9.20. The van der Waals surface area contributed by atoms with Crippen LogP contribution >= 0.6 is 11.6 Å². The van der Waals surface area contributed by atoms with Crippen LogP contribution in [0.1, 0.15) is 26.3 Å². The van der Waals surface area contributed by atoms with Crippen molar-refractivity contribution in [3.63, 3.8) is 0 Å². The lowest BCUT2D eigenvalue weighted by Gasteiger charge is -2.03. The summed E-state index contributed by atoms with van der Waals surface area (Å²) >= 11 is 5.65. The maximum Gasteiger partial charge on any atom is 0.346 e. The Morgan fingerprint density at radius 1 is 0.842 bits per heavy atom. The molecule has 0 fully saturated rings. The van der Waals surface area contributed by atoms with Gasteiger partial charge in [0.15, 0.2) is 0 Å². The van der Waals surface area contributed by atoms with Gasteiger partial charge in [-0.3, -0.25) is 0 Å². The Morgan fingerprint density at radius 2 is 1.37 bits per heavy atom. The second-order valence-electron chi connectivity index (χ2n) is 3.87. The molecule has 0 aliphatic heterocycles. The number of esters is 2. The van der Waals surface area contributed by atoms with Crippen LogP contribution < -0.4 is 0 Å². The van der Waals surface area contributed by atoms with Crippen molar-refractivity contribution in [1.29, 1.82) is 0 Å². The molecule has 4 heteroatoms. The number of hydrogen-bond acceptors (Lipinski definition) is 3. The number of ether oxygens (including phenoxy) is 1. The van der Waals surface area contributed by atoms with Crippen molar-refractivity contribution in [2.75, 3.05) is 0 Å². The second-order valence-corrected chi connectivity index (χ2v) is 4.14. The predicted octanol–water partition coefficient (Wildman–Crippen LogP) is 3.42. The second kappa shape index (κ2) is 6.16. The van der Waals surface area contributed by atoms with Crippen LogP contribution in [0.4, 0.5) is 0 Å². The number of hydrogen-bond donors (Lipinski definition) is 0. The van der Waals surface area contributed by atoms with E-state index in [0.717, 1.165) is 5.56 Å². The van der Waals surface area contributed by atoms with E-state index in [2.05, 4.69) is 0 Å². The SMILES string of the molecule is O=C(OC(=O)c1ccc(CCl)cc1)c1ccccc1. The molecule has 0 aliphatic rings. The average molecular weight is 275 g/mol. The Bertz CT molecular complexity index is 576. The molecule has 2 rings (SSSR count). The van der Waals surface area contributed by atoms with Crippen LogP contribution in [0.3, 0.4) is 0 Å². The summed E-state index contributed by atoms with van der Waals surface area (Å²) in [6.07, 6.45) is 0. The smallest absolute Gasteiger partial charge is 0.346 e. The van der Waals surface area contributed by atoms with Gasteiger partial charge in [-0.2, -0.15) is 0 Å². The van der Waals surface area contributed by atoms with Crippen LogP contribution in [-0.2, 0) is 10.6 Å². The summed E-state index contributed by atoms with van der Waals surface area (Å²) in [6, 6.07) is 15.0. The standard InChI is InChI=1S/C15H11ClO3/c16-10-11-6-8-13(9-7-11)15(18)19-14(17)12-4-2-1-3-5-12/h1-9H,10H2. The highest BCUT2D eigenvalue weighted by atomic mass is 35.5. The van der Waals surface area contributed by atoms with Crippen LogP contribution in [-0.4, -0.2) is 11.9 Å². The fourth-order valence-corrected chi connectivity index (χ4v) is 1.68. The van der Waals surface area contributed by atoms with Gasteiger partial charge in [0.05, 0.1) is 11.1 Å². The van der Waals surface area contributed by atoms with Crippen molar-refractivity contribution in [3.05, 3.63) is 71.3 Å². The van der Waals surface area contributed by atoms with Gasteiger partial charge in [0.2, 0.25) is 0 Å². The number of carbonyl (C=O) groups is 2. The van der Waals surface area contributed by atoms with Gasteiger partial charge in [0.25, 0.3) is 0 Å². The Morgan fingerprint density at radius 3 is 1.89 bits per heavy atom. The minimum atomic E-state index is -0.671. The quantitative estimate of drug-likeness (QED) is 0.489. The lowest BCUT2D eigenvalue weighted by atomic mass is 10.1. The summed E-state index contributed by atoms with van der Waals surface area (Å²) in [5.41, 5.74) is 1.55. The van der Waals surface area contributed by atoms with Crippen LogP contribution in [0.15, 0.2) is 54.6 Å². The Labute approximate surface area is 115 Å². The molecule has 0 unspecified atom stereocenters. The van der Waals surface area contributed by atoms with E-state index in [4.69, 9.17) is 16.3 Å². The molecule has 3 nitrogen and oxygen atoms in total. The third kappa shape index (κ3) is 3.42. The van der Waals surface area contributed by atoms with Crippen molar-refractivity contribution >= 4 is 23.5 Å². The zero-order valence-electron chi connectivity index (χ0n) is 10.0. The zero-order valence-corrected chi connectivity index (χ0v) is 10.8. The van der Waals surface area contributed by atoms with Gasteiger partial charge in [-0.05, 0) is 29.8 Å². The third-order valence-electron chi connectivity index (χ3n) is 2.54. The van der Waals surface area contributed by atoms with Crippen molar-refractivity contribution in [1.82, 2.24) is 0 Å². The van der Waals surface area contributed by atoms with Gasteiger partial charge in [0.1, 0.15) is 0 Å². The first kappa shape index (κ1) is 13.3. The highest BCUT2D eigenvalue weighted by Gasteiger charge is 2.14. The number of alkyl halides is 1. The highest BCUT2D eigenvalue weighted by Crippen LogP contribution is 2.09. The monoisotopic (exact) mass is 274 g/mol. The number of rotatable bonds is 3. The lowest BCUT2D eigenvalue weighted by molar-refractivity contribution is 0.0398. The fourth-order valence-electron chi connectivity index (χ4n) is 1.51. The highest BCUT2D eigenvalue weighted by molar-refractivity contribution is 6.17.